The topological polar surface area (TPSA) is 86.8 Å². The molecule has 1 N–H and O–H groups in total. The molecule has 11 heteroatoms. The van der Waals surface area contributed by atoms with Gasteiger partial charge in [0.15, 0.2) is 0 Å². The minimum Gasteiger partial charge on any atom is -0.352 e. The molecule has 7 nitrogen and oxygen atoms in total. The predicted octanol–water partition coefficient (Wildman–Crippen LogP) is 5.13. The van der Waals surface area contributed by atoms with Gasteiger partial charge >= 0.3 is 0 Å². The van der Waals surface area contributed by atoms with Gasteiger partial charge in [-0.2, -0.15) is 0 Å². The van der Waals surface area contributed by atoms with E-state index in [-0.39, 0.29) is 24.2 Å². The molecule has 0 radical (unpaired) electrons. The van der Waals surface area contributed by atoms with Gasteiger partial charge in [-0.15, -0.1) is 0 Å². The number of nitrogens with one attached hydrogen (secondary N) is 1. The monoisotopic (exact) mass is 561 g/mol. The average molecular weight is 563 g/mol. The molecular weight excluding hydrogens is 533 g/mol. The molecule has 0 heterocycles. The molecule has 0 bridgehead atoms. The first-order chi connectivity index (χ1) is 16.4. The van der Waals surface area contributed by atoms with Gasteiger partial charge in [0.25, 0.3) is 0 Å². The predicted molar refractivity (Wildman–Crippen MR) is 143 cm³/mol. The van der Waals surface area contributed by atoms with Crippen LogP contribution in [0.2, 0.25) is 15.1 Å². The zero-order chi connectivity index (χ0) is 26.3. The number of amides is 2. The number of hydrogen-bond donors (Lipinski definition) is 1. The zero-order valence-electron chi connectivity index (χ0n) is 20.1. The van der Waals surface area contributed by atoms with Crippen molar-refractivity contribution < 1.29 is 18.0 Å². The summed E-state index contributed by atoms with van der Waals surface area (Å²) in [5.41, 5.74) is 0.899. The van der Waals surface area contributed by atoms with E-state index in [4.69, 9.17) is 34.8 Å². The van der Waals surface area contributed by atoms with Crippen LogP contribution in [0.15, 0.2) is 42.5 Å². The number of anilines is 1. The van der Waals surface area contributed by atoms with Crippen LogP contribution < -0.4 is 9.62 Å². The maximum absolute atomic E-state index is 13.6. The molecule has 0 aliphatic heterocycles. The number of sulfonamides is 1. The molecule has 0 aliphatic carbocycles. The summed E-state index contributed by atoms with van der Waals surface area (Å²) in [4.78, 5) is 28.1. The van der Waals surface area contributed by atoms with Gasteiger partial charge in [-0.25, -0.2) is 8.42 Å². The quantitative estimate of drug-likeness (QED) is 0.411. The Morgan fingerprint density at radius 1 is 1.00 bits per heavy atom. The van der Waals surface area contributed by atoms with E-state index in [1.54, 1.807) is 43.3 Å². The number of carbonyl (C=O) groups excluding carboxylic acids is 2. The molecule has 2 amide bonds. The third-order valence-corrected chi connectivity index (χ3v) is 7.61. The summed E-state index contributed by atoms with van der Waals surface area (Å²) in [6, 6.07) is 10.2. The number of nitrogens with zero attached hydrogens (tertiary/aromatic N) is 2. The second-order valence-electron chi connectivity index (χ2n) is 8.26. The number of benzene rings is 2. The molecule has 0 saturated heterocycles. The van der Waals surface area contributed by atoms with E-state index < -0.39 is 28.5 Å². The normalized spacial score (nSPS) is 13.1. The van der Waals surface area contributed by atoms with Crippen molar-refractivity contribution in [2.24, 2.45) is 0 Å². The molecule has 2 aromatic rings. The Morgan fingerprint density at radius 2 is 1.69 bits per heavy atom. The molecule has 2 rings (SSSR count). The van der Waals surface area contributed by atoms with Gasteiger partial charge in [-0.3, -0.25) is 13.9 Å². The molecule has 0 aliphatic rings. The molecular formula is C24H30Cl3N3O4S. The first-order valence-corrected chi connectivity index (χ1v) is 14.1. The van der Waals surface area contributed by atoms with Crippen molar-refractivity contribution in [3.05, 3.63) is 63.1 Å². The lowest BCUT2D eigenvalue weighted by Gasteiger charge is -2.33. The van der Waals surface area contributed by atoms with Crippen molar-refractivity contribution in [3.63, 3.8) is 0 Å². The first-order valence-electron chi connectivity index (χ1n) is 11.1. The van der Waals surface area contributed by atoms with E-state index in [0.29, 0.717) is 27.1 Å². The second kappa shape index (κ2) is 12.8. The Balaban J connectivity index is 2.46. The molecule has 0 aromatic heterocycles. The van der Waals surface area contributed by atoms with Gasteiger partial charge in [-0.1, -0.05) is 60.8 Å². The highest BCUT2D eigenvalue weighted by molar-refractivity contribution is 7.92. The molecule has 2 atom stereocenters. The molecule has 192 valence electrons. The highest BCUT2D eigenvalue weighted by atomic mass is 35.5. The lowest BCUT2D eigenvalue weighted by molar-refractivity contribution is -0.140. The average Bonchev–Trinajstić information content (AvgIpc) is 2.78. The summed E-state index contributed by atoms with van der Waals surface area (Å²) in [6.45, 7) is 5.14. The first kappa shape index (κ1) is 29.2. The summed E-state index contributed by atoms with van der Waals surface area (Å²) in [7, 11) is -3.84. The number of carbonyl (C=O) groups is 2. The lowest BCUT2D eigenvalue weighted by atomic mass is 10.1. The standard InChI is InChI=1S/C24H30Cl3N3O4S/c1-5-16(3)28-24(32)22(6-2)29(14-17-10-11-20(26)21(27)12-17)23(31)15-30(35(4,33)34)19-9-7-8-18(25)13-19/h7-13,16,22H,5-6,14-15H2,1-4H3,(H,28,32)/t16-,22+/m0/s1. The summed E-state index contributed by atoms with van der Waals surface area (Å²) in [5.74, 6) is -0.864. The summed E-state index contributed by atoms with van der Waals surface area (Å²) in [5, 5.41) is 3.92. The Labute approximate surface area is 222 Å². The molecule has 0 unspecified atom stereocenters. The van der Waals surface area contributed by atoms with Crippen LogP contribution >= 0.6 is 34.8 Å². The van der Waals surface area contributed by atoms with Crippen molar-refractivity contribution in [3.8, 4) is 0 Å². The largest absolute Gasteiger partial charge is 0.352 e. The fourth-order valence-corrected chi connectivity index (χ4v) is 4.79. The van der Waals surface area contributed by atoms with E-state index >= 15 is 0 Å². The van der Waals surface area contributed by atoms with Gasteiger partial charge in [0.1, 0.15) is 12.6 Å². The van der Waals surface area contributed by atoms with Gasteiger partial charge in [0.2, 0.25) is 21.8 Å². The van der Waals surface area contributed by atoms with Gasteiger partial charge < -0.3 is 10.2 Å². The van der Waals surface area contributed by atoms with E-state index in [2.05, 4.69) is 5.32 Å². The Kier molecular flexibility index (Phi) is 10.7. The van der Waals surface area contributed by atoms with Crippen LogP contribution in [0.25, 0.3) is 0 Å². The van der Waals surface area contributed by atoms with Crippen LogP contribution in [0.5, 0.6) is 0 Å². The van der Waals surface area contributed by atoms with Crippen LogP contribution in [0.1, 0.15) is 39.2 Å². The third-order valence-electron chi connectivity index (χ3n) is 5.50. The Hall–Kier alpha value is -2.00. The highest BCUT2D eigenvalue weighted by Gasteiger charge is 2.32. The lowest BCUT2D eigenvalue weighted by Crippen LogP contribution is -2.53. The zero-order valence-corrected chi connectivity index (χ0v) is 23.2. The molecule has 0 saturated carbocycles. The smallest absolute Gasteiger partial charge is 0.244 e. The fourth-order valence-electron chi connectivity index (χ4n) is 3.44. The SMILES string of the molecule is CC[C@H](C(=O)N[C@@H](C)CC)N(Cc1ccc(Cl)c(Cl)c1)C(=O)CN(c1cccc(Cl)c1)S(C)(=O)=O. The van der Waals surface area contributed by atoms with Gasteiger partial charge in [-0.05, 0) is 55.7 Å². The third kappa shape index (κ3) is 8.27. The molecule has 35 heavy (non-hydrogen) atoms. The number of hydrogen-bond acceptors (Lipinski definition) is 4. The highest BCUT2D eigenvalue weighted by Crippen LogP contribution is 2.25. The number of halogens is 3. The second-order valence-corrected chi connectivity index (χ2v) is 11.4. The van der Waals surface area contributed by atoms with Crippen molar-refractivity contribution in [1.82, 2.24) is 10.2 Å². The Bertz CT molecular complexity index is 1160. The van der Waals surface area contributed by atoms with Crippen molar-refractivity contribution >= 4 is 62.3 Å². The van der Waals surface area contributed by atoms with Crippen LogP contribution in [-0.4, -0.2) is 50.0 Å². The fraction of sp³-hybridized carbons (Fsp3) is 0.417. The minimum absolute atomic E-state index is 0.0370. The minimum atomic E-state index is -3.84. The van der Waals surface area contributed by atoms with E-state index in [9.17, 15) is 18.0 Å². The molecule has 0 fully saturated rings. The van der Waals surface area contributed by atoms with Crippen molar-refractivity contribution in [2.45, 2.75) is 52.2 Å². The summed E-state index contributed by atoms with van der Waals surface area (Å²) in [6.07, 6.45) is 2.06. The number of rotatable bonds is 11. The summed E-state index contributed by atoms with van der Waals surface area (Å²) < 4.78 is 26.2. The van der Waals surface area contributed by atoms with Crippen molar-refractivity contribution in [1.29, 1.82) is 0 Å². The Morgan fingerprint density at radius 3 is 2.23 bits per heavy atom. The van der Waals surface area contributed by atoms with Gasteiger partial charge in [0.05, 0.1) is 22.0 Å². The van der Waals surface area contributed by atoms with Crippen LogP contribution in [-0.2, 0) is 26.2 Å². The van der Waals surface area contributed by atoms with E-state index in [1.807, 2.05) is 13.8 Å². The maximum atomic E-state index is 13.6. The van der Waals surface area contributed by atoms with E-state index in [1.165, 1.54) is 11.0 Å². The van der Waals surface area contributed by atoms with Gasteiger partial charge in [0, 0.05) is 17.6 Å². The molecule has 0 spiro atoms. The maximum Gasteiger partial charge on any atom is 0.244 e. The van der Waals surface area contributed by atoms with Crippen LogP contribution in [0, 0.1) is 0 Å². The van der Waals surface area contributed by atoms with Crippen LogP contribution in [0.3, 0.4) is 0 Å². The van der Waals surface area contributed by atoms with Crippen LogP contribution in [0.4, 0.5) is 5.69 Å². The summed E-state index contributed by atoms with van der Waals surface area (Å²) >= 11 is 18.3. The van der Waals surface area contributed by atoms with E-state index in [0.717, 1.165) is 17.0 Å². The molecule has 2 aromatic carbocycles. The van der Waals surface area contributed by atoms with Crippen molar-refractivity contribution in [2.75, 3.05) is 17.1 Å².